The van der Waals surface area contributed by atoms with Crippen LogP contribution < -0.4 is 5.32 Å². The Bertz CT molecular complexity index is 378. The quantitative estimate of drug-likeness (QED) is 0.770. The predicted octanol–water partition coefficient (Wildman–Crippen LogP) is 1.19. The fraction of sp³-hybridized carbons (Fsp3) is 1.00. The van der Waals surface area contributed by atoms with Crippen LogP contribution >= 0.6 is 0 Å². The SMILES string of the molecule is CC(C)(C)S(=O)(=O)N1CCC2(CCNCC2)C1. The number of nitrogens with one attached hydrogen (secondary N) is 1. The van der Waals surface area contributed by atoms with Gasteiger partial charge in [-0.2, -0.15) is 0 Å². The molecule has 0 aliphatic carbocycles. The van der Waals surface area contributed by atoms with Crippen molar-refractivity contribution in [3.05, 3.63) is 0 Å². The molecule has 1 spiro atoms. The Balaban J connectivity index is 2.12. The lowest BCUT2D eigenvalue weighted by molar-refractivity contribution is 0.217. The molecule has 2 heterocycles. The molecule has 0 aromatic rings. The number of sulfonamides is 1. The Kier molecular flexibility index (Phi) is 3.30. The van der Waals surface area contributed by atoms with Crippen molar-refractivity contribution in [3.8, 4) is 0 Å². The van der Waals surface area contributed by atoms with E-state index in [1.54, 1.807) is 25.1 Å². The molecule has 0 aromatic heterocycles. The van der Waals surface area contributed by atoms with E-state index in [0.717, 1.165) is 38.9 Å². The van der Waals surface area contributed by atoms with Crippen molar-refractivity contribution in [2.45, 2.75) is 44.8 Å². The predicted molar refractivity (Wildman–Crippen MR) is 69.4 cm³/mol. The molecule has 2 aliphatic rings. The van der Waals surface area contributed by atoms with Gasteiger partial charge in [0.25, 0.3) is 0 Å². The van der Waals surface area contributed by atoms with Gasteiger partial charge in [-0.25, -0.2) is 12.7 Å². The minimum Gasteiger partial charge on any atom is -0.317 e. The maximum Gasteiger partial charge on any atom is 0.219 e. The van der Waals surface area contributed by atoms with Gasteiger partial charge in [0.15, 0.2) is 0 Å². The molecule has 0 radical (unpaired) electrons. The van der Waals surface area contributed by atoms with E-state index < -0.39 is 14.8 Å². The van der Waals surface area contributed by atoms with Gasteiger partial charge in [0.1, 0.15) is 0 Å². The smallest absolute Gasteiger partial charge is 0.219 e. The summed E-state index contributed by atoms with van der Waals surface area (Å²) in [5, 5.41) is 3.35. The summed E-state index contributed by atoms with van der Waals surface area (Å²) in [6.45, 7) is 8.86. The van der Waals surface area contributed by atoms with Gasteiger partial charge in [0, 0.05) is 13.1 Å². The van der Waals surface area contributed by atoms with Crippen molar-refractivity contribution in [3.63, 3.8) is 0 Å². The summed E-state index contributed by atoms with van der Waals surface area (Å²) in [7, 11) is -3.14. The van der Waals surface area contributed by atoms with E-state index in [9.17, 15) is 8.42 Å². The van der Waals surface area contributed by atoms with Crippen LogP contribution in [0.3, 0.4) is 0 Å². The molecule has 0 bridgehead atoms. The fourth-order valence-corrected chi connectivity index (χ4v) is 4.40. The molecule has 2 rings (SSSR count). The van der Waals surface area contributed by atoms with Crippen molar-refractivity contribution in [1.82, 2.24) is 9.62 Å². The molecule has 2 aliphatic heterocycles. The second-order valence-electron chi connectivity index (χ2n) is 6.45. The van der Waals surface area contributed by atoms with Crippen LogP contribution in [0, 0.1) is 5.41 Å². The van der Waals surface area contributed by atoms with Crippen LogP contribution in [0.2, 0.25) is 0 Å². The first-order valence-electron chi connectivity index (χ1n) is 6.47. The molecule has 1 N–H and O–H groups in total. The summed E-state index contributed by atoms with van der Waals surface area (Å²) in [5.74, 6) is 0. The van der Waals surface area contributed by atoms with Crippen molar-refractivity contribution in [2.75, 3.05) is 26.2 Å². The first-order valence-corrected chi connectivity index (χ1v) is 7.91. The van der Waals surface area contributed by atoms with Gasteiger partial charge in [0.05, 0.1) is 4.75 Å². The number of piperidine rings is 1. The molecule has 5 heteroatoms. The van der Waals surface area contributed by atoms with E-state index in [-0.39, 0.29) is 5.41 Å². The molecular formula is C12H24N2O2S. The number of hydrogen-bond donors (Lipinski definition) is 1. The van der Waals surface area contributed by atoms with Crippen LogP contribution in [0.15, 0.2) is 0 Å². The molecule has 17 heavy (non-hydrogen) atoms. The van der Waals surface area contributed by atoms with Gasteiger partial charge in [-0.05, 0) is 58.5 Å². The summed E-state index contributed by atoms with van der Waals surface area (Å²) in [6, 6.07) is 0. The third kappa shape index (κ3) is 2.37. The third-order valence-electron chi connectivity index (χ3n) is 4.18. The first kappa shape index (κ1) is 13.3. The normalized spacial score (nSPS) is 26.5. The molecule has 0 amide bonds. The number of rotatable bonds is 1. The Morgan fingerprint density at radius 1 is 1.12 bits per heavy atom. The number of hydrogen-bond acceptors (Lipinski definition) is 3. The summed E-state index contributed by atoms with van der Waals surface area (Å²) in [5.41, 5.74) is 0.254. The third-order valence-corrected chi connectivity index (χ3v) is 6.72. The van der Waals surface area contributed by atoms with Crippen molar-refractivity contribution >= 4 is 10.0 Å². The standard InChI is InChI=1S/C12H24N2O2S/c1-11(2,3)17(15,16)14-9-6-12(10-14)4-7-13-8-5-12/h13H,4-10H2,1-3H3. The zero-order chi connectivity index (χ0) is 12.7. The summed E-state index contributed by atoms with van der Waals surface area (Å²) >= 11 is 0. The topological polar surface area (TPSA) is 49.4 Å². The van der Waals surface area contributed by atoms with Gasteiger partial charge in [-0.3, -0.25) is 0 Å². The molecular weight excluding hydrogens is 236 g/mol. The van der Waals surface area contributed by atoms with E-state index in [4.69, 9.17) is 0 Å². The van der Waals surface area contributed by atoms with Crippen LogP contribution in [0.1, 0.15) is 40.0 Å². The summed E-state index contributed by atoms with van der Waals surface area (Å²) in [4.78, 5) is 0. The van der Waals surface area contributed by atoms with Crippen LogP contribution in [-0.2, 0) is 10.0 Å². The van der Waals surface area contributed by atoms with Gasteiger partial charge in [-0.1, -0.05) is 0 Å². The highest BCUT2D eigenvalue weighted by Gasteiger charge is 2.46. The van der Waals surface area contributed by atoms with Gasteiger partial charge in [0.2, 0.25) is 10.0 Å². The lowest BCUT2D eigenvalue weighted by atomic mass is 9.78. The van der Waals surface area contributed by atoms with Gasteiger partial charge >= 0.3 is 0 Å². The largest absolute Gasteiger partial charge is 0.317 e. The van der Waals surface area contributed by atoms with Crippen molar-refractivity contribution in [1.29, 1.82) is 0 Å². The zero-order valence-electron chi connectivity index (χ0n) is 11.1. The van der Waals surface area contributed by atoms with Crippen LogP contribution in [0.4, 0.5) is 0 Å². The van der Waals surface area contributed by atoms with E-state index in [1.165, 1.54) is 0 Å². The van der Waals surface area contributed by atoms with E-state index in [0.29, 0.717) is 6.54 Å². The lowest BCUT2D eigenvalue weighted by Gasteiger charge is -2.34. The maximum absolute atomic E-state index is 12.4. The van der Waals surface area contributed by atoms with E-state index in [2.05, 4.69) is 5.32 Å². The summed E-state index contributed by atoms with van der Waals surface area (Å²) in [6.07, 6.45) is 3.26. The molecule has 2 fully saturated rings. The van der Waals surface area contributed by atoms with E-state index >= 15 is 0 Å². The maximum atomic E-state index is 12.4. The summed E-state index contributed by atoms with van der Waals surface area (Å²) < 4.78 is 25.8. The second kappa shape index (κ2) is 4.21. The van der Waals surface area contributed by atoms with Gasteiger partial charge in [-0.15, -0.1) is 0 Å². The minimum atomic E-state index is -3.14. The molecule has 0 aromatic carbocycles. The lowest BCUT2D eigenvalue weighted by Crippen LogP contribution is -2.44. The van der Waals surface area contributed by atoms with Gasteiger partial charge < -0.3 is 5.32 Å². The van der Waals surface area contributed by atoms with Crippen LogP contribution in [0.25, 0.3) is 0 Å². The molecule has 100 valence electrons. The molecule has 0 unspecified atom stereocenters. The Hall–Kier alpha value is -0.130. The fourth-order valence-electron chi connectivity index (χ4n) is 2.85. The van der Waals surface area contributed by atoms with Crippen LogP contribution in [0.5, 0.6) is 0 Å². The molecule has 0 atom stereocenters. The van der Waals surface area contributed by atoms with Crippen LogP contribution in [-0.4, -0.2) is 43.6 Å². The van der Waals surface area contributed by atoms with Crippen molar-refractivity contribution < 1.29 is 8.42 Å². The molecule has 2 saturated heterocycles. The first-order chi connectivity index (χ1) is 7.77. The Labute approximate surface area is 105 Å². The second-order valence-corrected chi connectivity index (χ2v) is 9.14. The molecule has 0 saturated carbocycles. The Morgan fingerprint density at radius 2 is 1.71 bits per heavy atom. The highest BCUT2D eigenvalue weighted by Crippen LogP contribution is 2.41. The highest BCUT2D eigenvalue weighted by atomic mass is 32.2. The Morgan fingerprint density at radius 3 is 2.24 bits per heavy atom. The van der Waals surface area contributed by atoms with Crippen molar-refractivity contribution in [2.24, 2.45) is 5.41 Å². The minimum absolute atomic E-state index is 0.254. The average Bonchev–Trinajstić information content (AvgIpc) is 2.62. The average molecular weight is 260 g/mol. The molecule has 4 nitrogen and oxygen atoms in total. The zero-order valence-corrected chi connectivity index (χ0v) is 11.9. The number of nitrogens with zero attached hydrogens (tertiary/aromatic N) is 1. The van der Waals surface area contributed by atoms with E-state index in [1.807, 2.05) is 0 Å². The highest BCUT2D eigenvalue weighted by molar-refractivity contribution is 7.90. The monoisotopic (exact) mass is 260 g/mol.